The number of benzene rings is 2. The maximum atomic E-state index is 12.9. The highest BCUT2D eigenvalue weighted by atomic mass is 16.5. The van der Waals surface area contributed by atoms with Crippen molar-refractivity contribution in [3.63, 3.8) is 0 Å². The van der Waals surface area contributed by atoms with Gasteiger partial charge in [0.15, 0.2) is 11.5 Å². The van der Waals surface area contributed by atoms with Crippen LogP contribution in [0.1, 0.15) is 29.8 Å². The fourth-order valence-electron chi connectivity index (χ4n) is 3.07. The van der Waals surface area contributed by atoms with Crippen LogP contribution in [0.2, 0.25) is 0 Å². The quantitative estimate of drug-likeness (QED) is 0.421. The van der Waals surface area contributed by atoms with Crippen LogP contribution in [0.3, 0.4) is 0 Å². The first-order chi connectivity index (χ1) is 15.7. The van der Waals surface area contributed by atoms with E-state index < -0.39 is 17.9 Å². The van der Waals surface area contributed by atoms with E-state index in [1.54, 1.807) is 6.21 Å². The van der Waals surface area contributed by atoms with E-state index in [9.17, 15) is 9.59 Å². The van der Waals surface area contributed by atoms with Crippen LogP contribution in [0, 0.1) is 5.92 Å². The van der Waals surface area contributed by atoms with Crippen molar-refractivity contribution in [1.29, 1.82) is 0 Å². The van der Waals surface area contributed by atoms with Gasteiger partial charge in [0.2, 0.25) is 5.75 Å². The molecule has 1 unspecified atom stereocenters. The number of hydrazone groups is 1. The van der Waals surface area contributed by atoms with Gasteiger partial charge in [-0.2, -0.15) is 5.10 Å². The lowest BCUT2D eigenvalue weighted by Crippen LogP contribution is -2.48. The third-order valence-corrected chi connectivity index (χ3v) is 4.96. The van der Waals surface area contributed by atoms with Gasteiger partial charge in [0, 0.05) is 25.3 Å². The van der Waals surface area contributed by atoms with E-state index in [1.807, 2.05) is 57.1 Å². The van der Waals surface area contributed by atoms with Crippen LogP contribution in [0.4, 0.5) is 5.69 Å². The third kappa shape index (κ3) is 6.61. The van der Waals surface area contributed by atoms with Crippen LogP contribution in [-0.2, 0) is 4.79 Å². The van der Waals surface area contributed by atoms with Gasteiger partial charge in [0.25, 0.3) is 11.8 Å². The molecule has 2 aromatic carbocycles. The predicted octanol–water partition coefficient (Wildman–Crippen LogP) is 2.68. The summed E-state index contributed by atoms with van der Waals surface area (Å²) in [7, 11) is 8.34. The third-order valence-electron chi connectivity index (χ3n) is 4.96. The van der Waals surface area contributed by atoms with Gasteiger partial charge >= 0.3 is 0 Å². The van der Waals surface area contributed by atoms with Gasteiger partial charge in [0.05, 0.1) is 27.5 Å². The first kappa shape index (κ1) is 25.5. The summed E-state index contributed by atoms with van der Waals surface area (Å²) in [4.78, 5) is 27.6. The molecular formula is C24H32N4O5. The lowest BCUT2D eigenvalue weighted by atomic mass is 10.0. The topological polar surface area (TPSA) is 101 Å². The fraction of sp³-hybridized carbons (Fsp3) is 0.375. The van der Waals surface area contributed by atoms with Crippen molar-refractivity contribution in [3.05, 3.63) is 47.5 Å². The van der Waals surface area contributed by atoms with E-state index >= 15 is 0 Å². The lowest BCUT2D eigenvalue weighted by molar-refractivity contribution is -0.123. The predicted molar refractivity (Wildman–Crippen MR) is 129 cm³/mol. The minimum absolute atomic E-state index is 0.175. The Morgan fingerprint density at radius 1 is 0.970 bits per heavy atom. The summed E-state index contributed by atoms with van der Waals surface area (Å²) in [6, 6.07) is 9.97. The molecule has 33 heavy (non-hydrogen) atoms. The maximum absolute atomic E-state index is 12.9. The van der Waals surface area contributed by atoms with E-state index in [-0.39, 0.29) is 11.5 Å². The van der Waals surface area contributed by atoms with Gasteiger partial charge in [-0.05, 0) is 35.7 Å². The number of methoxy groups -OCH3 is 3. The van der Waals surface area contributed by atoms with Gasteiger partial charge < -0.3 is 24.4 Å². The fourth-order valence-corrected chi connectivity index (χ4v) is 3.07. The van der Waals surface area contributed by atoms with Crippen LogP contribution in [0.5, 0.6) is 17.2 Å². The largest absolute Gasteiger partial charge is 0.493 e. The van der Waals surface area contributed by atoms with E-state index in [2.05, 4.69) is 15.8 Å². The number of carbonyl (C=O) groups excluding carboxylic acids is 2. The number of carbonyl (C=O) groups is 2. The second-order valence-corrected chi connectivity index (χ2v) is 7.83. The normalized spacial score (nSPS) is 11.8. The molecule has 9 heteroatoms. The molecule has 178 valence electrons. The lowest BCUT2D eigenvalue weighted by Gasteiger charge is -2.21. The molecule has 2 N–H and O–H groups in total. The molecule has 0 aliphatic carbocycles. The van der Waals surface area contributed by atoms with Crippen molar-refractivity contribution in [2.45, 2.75) is 19.9 Å². The van der Waals surface area contributed by atoms with Crippen molar-refractivity contribution in [2.75, 3.05) is 40.3 Å². The Bertz CT molecular complexity index is 962. The summed E-state index contributed by atoms with van der Waals surface area (Å²) in [6.07, 6.45) is 1.55. The van der Waals surface area contributed by atoms with Gasteiger partial charge in [0.1, 0.15) is 6.04 Å². The Morgan fingerprint density at radius 2 is 1.55 bits per heavy atom. The van der Waals surface area contributed by atoms with Crippen molar-refractivity contribution >= 4 is 23.7 Å². The molecule has 0 heterocycles. The minimum atomic E-state index is -0.801. The number of anilines is 1. The molecule has 0 aliphatic heterocycles. The van der Waals surface area contributed by atoms with Crippen molar-refractivity contribution in [2.24, 2.45) is 11.0 Å². The van der Waals surface area contributed by atoms with Crippen LogP contribution in [0.25, 0.3) is 0 Å². The summed E-state index contributed by atoms with van der Waals surface area (Å²) in [5.74, 6) is 0.0152. The molecule has 2 aromatic rings. The maximum Gasteiger partial charge on any atom is 0.262 e. The molecule has 0 aromatic heterocycles. The van der Waals surface area contributed by atoms with Crippen LogP contribution in [-0.4, -0.2) is 59.5 Å². The van der Waals surface area contributed by atoms with Gasteiger partial charge in [-0.3, -0.25) is 9.59 Å². The molecule has 2 rings (SSSR count). The highest BCUT2D eigenvalue weighted by molar-refractivity contribution is 5.98. The minimum Gasteiger partial charge on any atom is -0.493 e. The Labute approximate surface area is 194 Å². The summed E-state index contributed by atoms with van der Waals surface area (Å²) in [5, 5.41) is 6.79. The zero-order valence-corrected chi connectivity index (χ0v) is 20.1. The molecule has 0 aliphatic rings. The zero-order chi connectivity index (χ0) is 24.5. The number of nitrogens with one attached hydrogen (secondary N) is 2. The average Bonchev–Trinajstić information content (AvgIpc) is 2.81. The second kappa shape index (κ2) is 11.8. The molecule has 0 saturated carbocycles. The molecular weight excluding hydrogens is 424 g/mol. The smallest absolute Gasteiger partial charge is 0.262 e. The standard InChI is InChI=1S/C24H32N4O5/c1-15(2)21(24(30)27-25-14-16-8-10-18(11-9-16)28(3)4)26-23(29)17-12-19(31-5)22(33-7)20(13-17)32-6/h8-15,21H,1-7H3,(H,26,29)(H,27,30)/b25-14+. The highest BCUT2D eigenvalue weighted by Gasteiger charge is 2.26. The van der Waals surface area contributed by atoms with Crippen molar-refractivity contribution in [1.82, 2.24) is 10.7 Å². The monoisotopic (exact) mass is 456 g/mol. The number of hydrogen-bond donors (Lipinski definition) is 2. The van der Waals surface area contributed by atoms with Gasteiger partial charge in [-0.1, -0.05) is 26.0 Å². The van der Waals surface area contributed by atoms with Crippen molar-refractivity contribution in [3.8, 4) is 17.2 Å². The highest BCUT2D eigenvalue weighted by Crippen LogP contribution is 2.38. The van der Waals surface area contributed by atoms with Gasteiger partial charge in [-0.25, -0.2) is 5.43 Å². The SMILES string of the molecule is COc1cc(C(=O)NC(C(=O)N/N=C/c2ccc(N(C)C)cc2)C(C)C)cc(OC)c1OC. The number of amides is 2. The van der Waals surface area contributed by atoms with Crippen LogP contribution >= 0.6 is 0 Å². The van der Waals surface area contributed by atoms with Crippen LogP contribution < -0.4 is 29.9 Å². The molecule has 0 radical (unpaired) electrons. The first-order valence-corrected chi connectivity index (χ1v) is 10.4. The van der Waals surface area contributed by atoms with E-state index in [4.69, 9.17) is 14.2 Å². The summed E-state index contributed by atoms with van der Waals surface area (Å²) in [5.41, 5.74) is 4.67. The molecule has 2 amide bonds. The first-order valence-electron chi connectivity index (χ1n) is 10.4. The molecule has 0 fully saturated rings. The second-order valence-electron chi connectivity index (χ2n) is 7.83. The Kier molecular flexibility index (Phi) is 9.08. The van der Waals surface area contributed by atoms with E-state index in [1.165, 1.54) is 33.5 Å². The van der Waals surface area contributed by atoms with E-state index in [0.29, 0.717) is 17.2 Å². The Hall–Kier alpha value is -3.75. The average molecular weight is 457 g/mol. The Balaban J connectivity index is 2.11. The van der Waals surface area contributed by atoms with Crippen molar-refractivity contribution < 1.29 is 23.8 Å². The number of nitrogens with zero attached hydrogens (tertiary/aromatic N) is 2. The summed E-state index contributed by atoms with van der Waals surface area (Å²) < 4.78 is 15.9. The zero-order valence-electron chi connectivity index (χ0n) is 20.1. The van der Waals surface area contributed by atoms with Gasteiger partial charge in [-0.15, -0.1) is 0 Å². The molecule has 0 saturated heterocycles. The van der Waals surface area contributed by atoms with E-state index in [0.717, 1.165) is 11.3 Å². The Morgan fingerprint density at radius 3 is 2.00 bits per heavy atom. The van der Waals surface area contributed by atoms with Crippen LogP contribution in [0.15, 0.2) is 41.5 Å². The molecule has 9 nitrogen and oxygen atoms in total. The number of rotatable bonds is 10. The summed E-state index contributed by atoms with van der Waals surface area (Å²) in [6.45, 7) is 3.67. The summed E-state index contributed by atoms with van der Waals surface area (Å²) >= 11 is 0. The molecule has 0 spiro atoms. The molecule has 0 bridgehead atoms. The number of hydrogen-bond acceptors (Lipinski definition) is 7. The number of ether oxygens (including phenoxy) is 3. The molecule has 1 atom stereocenters.